The van der Waals surface area contributed by atoms with Crippen LogP contribution in [0.4, 0.5) is 5.69 Å². The highest BCUT2D eigenvalue weighted by Crippen LogP contribution is 2.48. The molecule has 0 aromatic heterocycles. The van der Waals surface area contributed by atoms with Crippen molar-refractivity contribution in [2.75, 3.05) is 19.5 Å². The lowest BCUT2D eigenvalue weighted by atomic mass is 9.69. The van der Waals surface area contributed by atoms with Crippen molar-refractivity contribution >= 4 is 23.3 Å². The van der Waals surface area contributed by atoms with Crippen LogP contribution in [0.15, 0.2) is 24.3 Å². The van der Waals surface area contributed by atoms with Crippen LogP contribution in [-0.2, 0) is 23.9 Å². The fourth-order valence-corrected chi connectivity index (χ4v) is 5.61. The van der Waals surface area contributed by atoms with Gasteiger partial charge in [0.25, 0.3) is 0 Å². The molecule has 1 aromatic carbocycles. The molecule has 7 nitrogen and oxygen atoms in total. The van der Waals surface area contributed by atoms with Gasteiger partial charge in [0, 0.05) is 37.7 Å². The molecule has 1 N–H and O–H groups in total. The Morgan fingerprint density at radius 2 is 2.00 bits per heavy atom. The monoisotopic (exact) mass is 400 g/mol. The van der Waals surface area contributed by atoms with Crippen LogP contribution in [0, 0.1) is 0 Å². The first-order chi connectivity index (χ1) is 13.9. The number of Topliss-reactive ketones (excluding diaryl/α,β-unsaturated/α-hetero) is 1. The number of ketones is 1. The van der Waals surface area contributed by atoms with E-state index in [1.54, 1.807) is 14.0 Å². The Labute approximate surface area is 170 Å². The maximum atomic E-state index is 13.0. The second-order valence-corrected chi connectivity index (χ2v) is 8.33. The van der Waals surface area contributed by atoms with Gasteiger partial charge in [0.15, 0.2) is 0 Å². The molecular weight excluding hydrogens is 372 g/mol. The van der Waals surface area contributed by atoms with Gasteiger partial charge in [-0.25, -0.2) is 0 Å². The van der Waals surface area contributed by atoms with Gasteiger partial charge in [-0.05, 0) is 37.8 Å². The zero-order valence-corrected chi connectivity index (χ0v) is 17.1. The molecule has 7 heteroatoms. The molecule has 5 atom stereocenters. The van der Waals surface area contributed by atoms with Crippen molar-refractivity contribution in [1.29, 1.82) is 0 Å². The number of carbonyl (C=O) groups excluding carboxylic acids is 3. The van der Waals surface area contributed by atoms with Crippen LogP contribution in [0.2, 0.25) is 0 Å². The number of rotatable bonds is 4. The third-order valence-electron chi connectivity index (χ3n) is 7.08. The predicted molar refractivity (Wildman–Crippen MR) is 107 cm³/mol. The number of fused-ring (bicyclic) bond motifs is 2. The van der Waals surface area contributed by atoms with Gasteiger partial charge in [-0.15, -0.1) is 0 Å². The lowest BCUT2D eigenvalue weighted by Crippen LogP contribution is -2.68. The summed E-state index contributed by atoms with van der Waals surface area (Å²) in [5.41, 5.74) is 1.27. The first kappa shape index (κ1) is 20.0. The number of ether oxygens (including phenoxy) is 2. The first-order valence-corrected chi connectivity index (χ1v) is 10.2. The van der Waals surface area contributed by atoms with Crippen LogP contribution in [0.3, 0.4) is 0 Å². The summed E-state index contributed by atoms with van der Waals surface area (Å²) in [6, 6.07) is 6.61. The van der Waals surface area contributed by atoms with Crippen molar-refractivity contribution in [3.63, 3.8) is 0 Å². The number of methoxy groups -OCH3 is 2. The minimum absolute atomic E-state index is 0.0645. The van der Waals surface area contributed by atoms with E-state index >= 15 is 0 Å². The molecule has 1 saturated heterocycles. The van der Waals surface area contributed by atoms with E-state index in [0.29, 0.717) is 25.7 Å². The number of esters is 1. The second kappa shape index (κ2) is 7.54. The van der Waals surface area contributed by atoms with Gasteiger partial charge in [-0.3, -0.25) is 19.3 Å². The molecule has 2 heterocycles. The molecule has 29 heavy (non-hydrogen) atoms. The quantitative estimate of drug-likeness (QED) is 0.781. The molecule has 3 aliphatic rings. The van der Waals surface area contributed by atoms with E-state index in [-0.39, 0.29) is 29.7 Å². The number of carbonyl (C=O) groups is 3. The fourth-order valence-electron chi connectivity index (χ4n) is 5.61. The number of hydrogen-bond donors (Lipinski definition) is 1. The van der Waals surface area contributed by atoms with Crippen LogP contribution in [0.25, 0.3) is 0 Å². The molecule has 2 aliphatic heterocycles. The Morgan fingerprint density at radius 1 is 1.24 bits per heavy atom. The number of hydrogen-bond acceptors (Lipinski definition) is 6. The Bertz CT molecular complexity index is 840. The number of nitrogens with zero attached hydrogens (tertiary/aromatic N) is 1. The Hall–Kier alpha value is -2.25. The highest BCUT2D eigenvalue weighted by Gasteiger charge is 2.56. The summed E-state index contributed by atoms with van der Waals surface area (Å²) in [4.78, 5) is 40.0. The highest BCUT2D eigenvalue weighted by atomic mass is 16.5. The molecule has 4 rings (SSSR count). The molecule has 0 radical (unpaired) electrons. The molecular formula is C22H28N2O5. The number of benzene rings is 1. The number of anilines is 1. The minimum atomic E-state index is -0.587. The molecule has 1 amide bonds. The minimum Gasteiger partial charge on any atom is -0.468 e. The third-order valence-corrected chi connectivity index (χ3v) is 7.08. The van der Waals surface area contributed by atoms with Crippen LogP contribution < -0.4 is 5.32 Å². The average molecular weight is 400 g/mol. The summed E-state index contributed by atoms with van der Waals surface area (Å²) in [5.74, 6) is -0.663. The maximum Gasteiger partial charge on any atom is 0.322 e. The van der Waals surface area contributed by atoms with Crippen LogP contribution in [0.1, 0.15) is 50.5 Å². The Kier molecular flexibility index (Phi) is 5.21. The molecule has 1 saturated carbocycles. The van der Waals surface area contributed by atoms with E-state index in [1.807, 2.05) is 29.2 Å². The van der Waals surface area contributed by atoms with Crippen molar-refractivity contribution in [3.8, 4) is 0 Å². The topological polar surface area (TPSA) is 84.9 Å². The fraction of sp³-hybridized carbons (Fsp3) is 0.591. The summed E-state index contributed by atoms with van der Waals surface area (Å²) in [6.45, 7) is 1.79. The second-order valence-electron chi connectivity index (χ2n) is 8.33. The summed E-state index contributed by atoms with van der Waals surface area (Å²) in [7, 11) is 3.05. The largest absolute Gasteiger partial charge is 0.468 e. The summed E-state index contributed by atoms with van der Waals surface area (Å²) < 4.78 is 11.0. The predicted octanol–water partition coefficient (Wildman–Crippen LogP) is 2.25. The zero-order chi connectivity index (χ0) is 20.8. The highest BCUT2D eigenvalue weighted by molar-refractivity contribution is 6.03. The number of amides is 1. The van der Waals surface area contributed by atoms with E-state index in [2.05, 4.69) is 5.32 Å². The normalized spacial score (nSPS) is 32.9. The number of para-hydroxylation sites is 1. The smallest absolute Gasteiger partial charge is 0.322 e. The van der Waals surface area contributed by atoms with E-state index < -0.39 is 17.6 Å². The molecule has 2 fully saturated rings. The molecule has 0 bridgehead atoms. The van der Waals surface area contributed by atoms with E-state index in [0.717, 1.165) is 17.7 Å². The van der Waals surface area contributed by atoms with E-state index in [9.17, 15) is 14.4 Å². The Balaban J connectivity index is 1.78. The summed E-state index contributed by atoms with van der Waals surface area (Å²) in [6.07, 6.45) is 2.90. The molecule has 5 unspecified atom stereocenters. The lowest BCUT2D eigenvalue weighted by Gasteiger charge is -2.56. The first-order valence-electron chi connectivity index (χ1n) is 10.2. The van der Waals surface area contributed by atoms with Crippen LogP contribution in [-0.4, -0.2) is 60.5 Å². The van der Waals surface area contributed by atoms with Crippen molar-refractivity contribution in [2.45, 2.75) is 68.7 Å². The van der Waals surface area contributed by atoms with Crippen molar-refractivity contribution < 1.29 is 23.9 Å². The number of nitrogens with one attached hydrogen (secondary N) is 1. The van der Waals surface area contributed by atoms with Gasteiger partial charge in [0.2, 0.25) is 5.91 Å². The van der Waals surface area contributed by atoms with Crippen LogP contribution >= 0.6 is 0 Å². The van der Waals surface area contributed by atoms with Gasteiger partial charge in [0.1, 0.15) is 11.8 Å². The van der Waals surface area contributed by atoms with Crippen molar-refractivity contribution in [1.82, 2.24) is 4.90 Å². The van der Waals surface area contributed by atoms with Crippen molar-refractivity contribution in [3.05, 3.63) is 29.8 Å². The maximum absolute atomic E-state index is 13.0. The SMILES string of the molecule is COC(=O)C(C)N1C(C2C(=O)Nc3ccccc32)CCC2(OC)CCC(=O)CC12. The van der Waals surface area contributed by atoms with Gasteiger partial charge in [0.05, 0.1) is 18.6 Å². The number of likely N-dealkylation sites (tertiary alicyclic amines) is 1. The number of piperidine rings is 1. The zero-order valence-electron chi connectivity index (χ0n) is 17.1. The summed E-state index contributed by atoms with van der Waals surface area (Å²) >= 11 is 0. The van der Waals surface area contributed by atoms with E-state index in [4.69, 9.17) is 9.47 Å². The lowest BCUT2D eigenvalue weighted by molar-refractivity contribution is -0.177. The van der Waals surface area contributed by atoms with E-state index in [1.165, 1.54) is 7.11 Å². The molecule has 156 valence electrons. The standard InChI is InChI=1S/C22H28N2O5/c1-13(21(27)28-2)24-17(19-15-6-4-5-7-16(15)23-20(19)26)9-11-22(29-3)10-8-14(25)12-18(22)24/h4-7,13,17-19H,8-12H2,1-3H3,(H,23,26). The van der Waals surface area contributed by atoms with Gasteiger partial charge in [-0.2, -0.15) is 0 Å². The molecule has 0 spiro atoms. The average Bonchev–Trinajstić information content (AvgIpc) is 3.07. The summed E-state index contributed by atoms with van der Waals surface area (Å²) in [5, 5.41) is 2.97. The van der Waals surface area contributed by atoms with Gasteiger partial charge >= 0.3 is 5.97 Å². The molecule has 1 aliphatic carbocycles. The van der Waals surface area contributed by atoms with Gasteiger partial charge in [-0.1, -0.05) is 18.2 Å². The van der Waals surface area contributed by atoms with Crippen molar-refractivity contribution in [2.24, 2.45) is 0 Å². The third kappa shape index (κ3) is 3.16. The Morgan fingerprint density at radius 3 is 2.72 bits per heavy atom. The van der Waals surface area contributed by atoms with Crippen LogP contribution in [0.5, 0.6) is 0 Å². The molecule has 1 aromatic rings. The van der Waals surface area contributed by atoms with Gasteiger partial charge < -0.3 is 14.8 Å².